The van der Waals surface area contributed by atoms with Crippen molar-refractivity contribution in [2.45, 2.75) is 12.2 Å². The number of aromatic nitrogens is 2. The van der Waals surface area contributed by atoms with Gasteiger partial charge in [-0.1, -0.05) is 6.92 Å². The van der Waals surface area contributed by atoms with E-state index in [1.54, 1.807) is 11.8 Å². The van der Waals surface area contributed by atoms with E-state index in [1.165, 1.54) is 0 Å². The summed E-state index contributed by atoms with van der Waals surface area (Å²) in [5.74, 6) is -0.239. The molecule has 0 spiro atoms. The summed E-state index contributed by atoms with van der Waals surface area (Å²) in [5, 5.41) is 3.27. The van der Waals surface area contributed by atoms with E-state index < -0.39 is 5.82 Å². The number of thioether (sulfide) groups is 1. The Kier molecular flexibility index (Phi) is 3.94. The van der Waals surface area contributed by atoms with E-state index >= 15 is 0 Å². The van der Waals surface area contributed by atoms with Gasteiger partial charge in [-0.2, -0.15) is 16.7 Å². The van der Waals surface area contributed by atoms with E-state index in [0.29, 0.717) is 11.8 Å². The second kappa shape index (κ2) is 4.99. The maximum atomic E-state index is 13.1. The van der Waals surface area contributed by atoms with Crippen molar-refractivity contribution in [3.8, 4) is 0 Å². The normalized spacial score (nSPS) is 12.5. The first-order valence-electron chi connectivity index (χ1n) is 4.18. The van der Waals surface area contributed by atoms with Crippen molar-refractivity contribution in [2.75, 3.05) is 23.9 Å². The van der Waals surface area contributed by atoms with Gasteiger partial charge in [0.2, 0.25) is 5.95 Å². The molecule has 0 aliphatic carbocycles. The van der Waals surface area contributed by atoms with Gasteiger partial charge in [-0.3, -0.25) is 0 Å². The zero-order valence-corrected chi connectivity index (χ0v) is 8.94. The van der Waals surface area contributed by atoms with Gasteiger partial charge in [0, 0.05) is 11.8 Å². The van der Waals surface area contributed by atoms with Crippen LogP contribution in [0.3, 0.4) is 0 Å². The van der Waals surface area contributed by atoms with E-state index in [1.807, 2.05) is 13.2 Å². The lowest BCUT2D eigenvalue weighted by Gasteiger charge is -2.10. The summed E-state index contributed by atoms with van der Waals surface area (Å²) in [6, 6.07) is 0. The minimum atomic E-state index is -0.479. The minimum absolute atomic E-state index is 0.0747. The number of hydrogen-bond acceptors (Lipinski definition) is 5. The molecule has 0 saturated carbocycles. The van der Waals surface area contributed by atoms with Crippen molar-refractivity contribution < 1.29 is 4.39 Å². The molecule has 0 amide bonds. The van der Waals surface area contributed by atoms with Crippen molar-refractivity contribution in [2.24, 2.45) is 0 Å². The maximum absolute atomic E-state index is 13.1. The molecule has 1 heterocycles. The van der Waals surface area contributed by atoms with Crippen LogP contribution in [0.1, 0.15) is 6.92 Å². The first-order valence-corrected chi connectivity index (χ1v) is 5.47. The molecule has 78 valence electrons. The van der Waals surface area contributed by atoms with Gasteiger partial charge in [0.15, 0.2) is 11.6 Å². The molecule has 0 saturated heterocycles. The quantitative estimate of drug-likeness (QED) is 0.795. The van der Waals surface area contributed by atoms with Gasteiger partial charge in [0.05, 0.1) is 6.20 Å². The Bertz CT molecular complexity index is 307. The first kappa shape index (κ1) is 11.0. The number of nitrogens with two attached hydrogens (primary N) is 1. The summed E-state index contributed by atoms with van der Waals surface area (Å²) >= 11 is 1.69. The maximum Gasteiger partial charge on any atom is 0.222 e. The first-order chi connectivity index (χ1) is 6.63. The summed E-state index contributed by atoms with van der Waals surface area (Å²) in [4.78, 5) is 7.28. The third kappa shape index (κ3) is 3.02. The molecule has 1 aromatic heterocycles. The van der Waals surface area contributed by atoms with Crippen molar-refractivity contribution in [3.05, 3.63) is 12.0 Å². The van der Waals surface area contributed by atoms with E-state index in [0.717, 1.165) is 6.20 Å². The highest BCUT2D eigenvalue weighted by Gasteiger charge is 2.06. The van der Waals surface area contributed by atoms with Crippen LogP contribution in [0.15, 0.2) is 6.20 Å². The van der Waals surface area contributed by atoms with Crippen LogP contribution in [0.25, 0.3) is 0 Å². The van der Waals surface area contributed by atoms with Crippen LogP contribution >= 0.6 is 11.8 Å². The molecule has 6 heteroatoms. The van der Waals surface area contributed by atoms with E-state index in [2.05, 4.69) is 15.3 Å². The predicted octanol–water partition coefficient (Wildman–Crippen LogP) is 1.36. The Morgan fingerprint density at radius 2 is 2.43 bits per heavy atom. The van der Waals surface area contributed by atoms with Crippen molar-refractivity contribution in [1.82, 2.24) is 9.97 Å². The van der Waals surface area contributed by atoms with Crippen molar-refractivity contribution in [1.29, 1.82) is 0 Å². The zero-order valence-electron chi connectivity index (χ0n) is 8.12. The molecule has 1 rings (SSSR count). The summed E-state index contributed by atoms with van der Waals surface area (Å²) < 4.78 is 13.1. The number of nitrogen functional groups attached to an aromatic ring is 1. The number of hydrogen-bond donors (Lipinski definition) is 2. The highest BCUT2D eigenvalue weighted by Crippen LogP contribution is 2.12. The molecule has 1 unspecified atom stereocenters. The monoisotopic (exact) mass is 216 g/mol. The molecule has 1 atom stereocenters. The molecular formula is C8H13FN4S. The van der Waals surface area contributed by atoms with Crippen molar-refractivity contribution >= 4 is 23.5 Å². The molecule has 14 heavy (non-hydrogen) atoms. The van der Waals surface area contributed by atoms with Crippen LogP contribution in [0.4, 0.5) is 16.2 Å². The molecule has 0 aromatic carbocycles. The summed E-state index contributed by atoms with van der Waals surface area (Å²) in [6.07, 6.45) is 3.06. The highest BCUT2D eigenvalue weighted by molar-refractivity contribution is 7.99. The van der Waals surface area contributed by atoms with Crippen LogP contribution in [0, 0.1) is 5.82 Å². The van der Waals surface area contributed by atoms with Gasteiger partial charge >= 0.3 is 0 Å². The van der Waals surface area contributed by atoms with Crippen LogP contribution < -0.4 is 11.1 Å². The molecule has 0 bridgehead atoms. The number of nitrogens with one attached hydrogen (secondary N) is 1. The van der Waals surface area contributed by atoms with Crippen LogP contribution in [-0.2, 0) is 0 Å². The lowest BCUT2D eigenvalue weighted by molar-refractivity contribution is 0.617. The van der Waals surface area contributed by atoms with Crippen LogP contribution in [0.2, 0.25) is 0 Å². The smallest absolute Gasteiger partial charge is 0.222 e. The number of halogens is 1. The van der Waals surface area contributed by atoms with E-state index in [4.69, 9.17) is 5.73 Å². The number of rotatable bonds is 4. The van der Waals surface area contributed by atoms with E-state index in [9.17, 15) is 4.39 Å². The second-order valence-corrected chi connectivity index (χ2v) is 4.13. The topological polar surface area (TPSA) is 63.8 Å². The molecule has 1 aromatic rings. The van der Waals surface area contributed by atoms with E-state index in [-0.39, 0.29) is 11.8 Å². The Hall–Kier alpha value is -1.04. The molecule has 0 fully saturated rings. The van der Waals surface area contributed by atoms with Gasteiger partial charge in [0.25, 0.3) is 0 Å². The van der Waals surface area contributed by atoms with Gasteiger partial charge in [-0.25, -0.2) is 9.37 Å². The largest absolute Gasteiger partial charge is 0.368 e. The molecule has 0 aliphatic heterocycles. The fourth-order valence-electron chi connectivity index (χ4n) is 0.828. The van der Waals surface area contributed by atoms with Gasteiger partial charge < -0.3 is 11.1 Å². The predicted molar refractivity (Wildman–Crippen MR) is 57.9 cm³/mol. The molecule has 3 N–H and O–H groups in total. The third-order valence-corrected chi connectivity index (χ3v) is 2.69. The summed E-state index contributed by atoms with van der Waals surface area (Å²) in [6.45, 7) is 2.69. The SMILES string of the molecule is CSC(C)CNc1nc(N)ncc1F. The Morgan fingerprint density at radius 1 is 1.71 bits per heavy atom. The van der Waals surface area contributed by atoms with Gasteiger partial charge in [-0.15, -0.1) is 0 Å². The lowest BCUT2D eigenvalue weighted by atomic mass is 10.4. The minimum Gasteiger partial charge on any atom is -0.368 e. The fourth-order valence-corrected chi connectivity index (χ4v) is 1.08. The second-order valence-electron chi connectivity index (χ2n) is 2.85. The molecular weight excluding hydrogens is 203 g/mol. The fraction of sp³-hybridized carbons (Fsp3) is 0.500. The Morgan fingerprint density at radius 3 is 3.07 bits per heavy atom. The van der Waals surface area contributed by atoms with Crippen molar-refractivity contribution in [3.63, 3.8) is 0 Å². The third-order valence-electron chi connectivity index (χ3n) is 1.72. The number of nitrogens with zero attached hydrogens (tertiary/aromatic N) is 2. The summed E-state index contributed by atoms with van der Waals surface area (Å²) in [7, 11) is 0. The Balaban J connectivity index is 2.62. The number of anilines is 2. The van der Waals surface area contributed by atoms with Gasteiger partial charge in [0.1, 0.15) is 0 Å². The Labute approximate surface area is 86.5 Å². The van der Waals surface area contributed by atoms with Crippen LogP contribution in [-0.4, -0.2) is 28.0 Å². The summed E-state index contributed by atoms with van der Waals surface area (Å²) in [5.41, 5.74) is 5.33. The lowest BCUT2D eigenvalue weighted by Crippen LogP contribution is -2.15. The molecule has 0 radical (unpaired) electrons. The van der Waals surface area contributed by atoms with Crippen LogP contribution in [0.5, 0.6) is 0 Å². The molecule has 4 nitrogen and oxygen atoms in total. The average molecular weight is 216 g/mol. The average Bonchev–Trinajstić information content (AvgIpc) is 2.19. The standard InChI is InChI=1S/C8H13FN4S/c1-5(14-2)3-11-7-6(9)4-12-8(10)13-7/h4-5H,3H2,1-2H3,(H3,10,11,12,13). The molecule has 0 aliphatic rings. The van der Waals surface area contributed by atoms with Gasteiger partial charge in [-0.05, 0) is 6.26 Å². The zero-order chi connectivity index (χ0) is 10.6. The highest BCUT2D eigenvalue weighted by atomic mass is 32.2.